The van der Waals surface area contributed by atoms with Crippen LogP contribution in [0, 0.1) is 0 Å². The molecule has 20 heavy (non-hydrogen) atoms. The molecule has 4 heteroatoms. The summed E-state index contributed by atoms with van der Waals surface area (Å²) in [5.74, 6) is 0.441. The van der Waals surface area contributed by atoms with Crippen LogP contribution >= 0.6 is 0 Å². The van der Waals surface area contributed by atoms with Crippen molar-refractivity contribution in [1.82, 2.24) is 0 Å². The molecule has 0 heterocycles. The molecule has 2 rings (SSSR count). The van der Waals surface area contributed by atoms with Gasteiger partial charge in [0.1, 0.15) is 5.75 Å². The smallest absolute Gasteiger partial charge is 0.255 e. The quantitative estimate of drug-likeness (QED) is 0.898. The average Bonchev–Trinajstić information content (AvgIpc) is 2.47. The molecular weight excluding hydrogens is 254 g/mol. The van der Waals surface area contributed by atoms with Crippen LogP contribution in [0.4, 0.5) is 5.69 Å². The minimum Gasteiger partial charge on any atom is -0.497 e. The van der Waals surface area contributed by atoms with Gasteiger partial charge >= 0.3 is 0 Å². The summed E-state index contributed by atoms with van der Waals surface area (Å²) in [5.41, 5.74) is 2.02. The van der Waals surface area contributed by atoms with E-state index in [1.807, 2.05) is 0 Å². The Balaban J connectivity index is 2.10. The van der Waals surface area contributed by atoms with Crippen LogP contribution in [0.1, 0.15) is 28.9 Å². The third-order valence-electron chi connectivity index (χ3n) is 2.98. The molecule has 2 aromatic rings. The van der Waals surface area contributed by atoms with Crippen molar-refractivity contribution in [1.29, 1.82) is 0 Å². The van der Waals surface area contributed by atoms with E-state index >= 15 is 0 Å². The van der Waals surface area contributed by atoms with E-state index in [0.29, 0.717) is 17.0 Å². The van der Waals surface area contributed by atoms with Crippen molar-refractivity contribution in [2.45, 2.75) is 13.0 Å². The highest BCUT2D eigenvalue weighted by Crippen LogP contribution is 2.17. The Morgan fingerprint density at radius 2 is 1.90 bits per heavy atom. The van der Waals surface area contributed by atoms with E-state index in [2.05, 4.69) is 5.32 Å². The summed E-state index contributed by atoms with van der Waals surface area (Å²) in [7, 11) is 1.56. The van der Waals surface area contributed by atoms with Crippen molar-refractivity contribution in [3.05, 3.63) is 59.7 Å². The third kappa shape index (κ3) is 3.36. The van der Waals surface area contributed by atoms with Crippen LogP contribution in [0.25, 0.3) is 0 Å². The molecule has 4 nitrogen and oxygen atoms in total. The second-order valence-electron chi connectivity index (χ2n) is 4.48. The standard InChI is InChI=1S/C16H17NO3/c1-11(18)12-6-8-14(9-7-12)17-16(19)13-4-3-5-15(10-13)20-2/h3-11,18H,1-2H3,(H,17,19). The number of nitrogens with one attached hydrogen (secondary N) is 1. The number of anilines is 1. The molecule has 1 amide bonds. The number of methoxy groups -OCH3 is 1. The van der Waals surface area contributed by atoms with Crippen molar-refractivity contribution >= 4 is 11.6 Å². The lowest BCUT2D eigenvalue weighted by Gasteiger charge is -2.08. The van der Waals surface area contributed by atoms with Gasteiger partial charge < -0.3 is 15.2 Å². The first-order chi connectivity index (χ1) is 9.60. The molecule has 2 aromatic carbocycles. The van der Waals surface area contributed by atoms with Gasteiger partial charge in [-0.05, 0) is 42.8 Å². The summed E-state index contributed by atoms with van der Waals surface area (Å²) in [6, 6.07) is 14.1. The fourth-order valence-corrected chi connectivity index (χ4v) is 1.81. The summed E-state index contributed by atoms with van der Waals surface area (Å²) in [6.07, 6.45) is -0.516. The van der Waals surface area contributed by atoms with Gasteiger partial charge in [-0.3, -0.25) is 4.79 Å². The van der Waals surface area contributed by atoms with E-state index in [0.717, 1.165) is 5.56 Å². The molecule has 2 N–H and O–H groups in total. The van der Waals surface area contributed by atoms with Gasteiger partial charge in [0.15, 0.2) is 0 Å². The van der Waals surface area contributed by atoms with Gasteiger partial charge in [-0.1, -0.05) is 18.2 Å². The highest BCUT2D eigenvalue weighted by atomic mass is 16.5. The Labute approximate surface area is 118 Å². The molecular formula is C16H17NO3. The molecule has 104 valence electrons. The minimum atomic E-state index is -0.516. The van der Waals surface area contributed by atoms with Gasteiger partial charge in [0.05, 0.1) is 13.2 Å². The molecule has 1 unspecified atom stereocenters. The molecule has 0 aromatic heterocycles. The summed E-state index contributed by atoms with van der Waals surface area (Å²) in [4.78, 5) is 12.1. The van der Waals surface area contributed by atoms with Crippen molar-refractivity contribution in [2.24, 2.45) is 0 Å². The van der Waals surface area contributed by atoms with E-state index in [9.17, 15) is 9.90 Å². The van der Waals surface area contributed by atoms with Crippen molar-refractivity contribution in [2.75, 3.05) is 12.4 Å². The van der Waals surface area contributed by atoms with Crippen molar-refractivity contribution in [3.63, 3.8) is 0 Å². The van der Waals surface area contributed by atoms with Crippen LogP contribution < -0.4 is 10.1 Å². The summed E-state index contributed by atoms with van der Waals surface area (Å²) in [5, 5.41) is 12.2. The first kappa shape index (κ1) is 14.1. The third-order valence-corrected chi connectivity index (χ3v) is 2.98. The highest BCUT2D eigenvalue weighted by Gasteiger charge is 2.07. The van der Waals surface area contributed by atoms with Crippen LogP contribution in [-0.2, 0) is 0 Å². The Morgan fingerprint density at radius 1 is 1.20 bits per heavy atom. The minimum absolute atomic E-state index is 0.200. The largest absolute Gasteiger partial charge is 0.497 e. The van der Waals surface area contributed by atoms with Gasteiger partial charge in [-0.25, -0.2) is 0 Å². The van der Waals surface area contributed by atoms with Gasteiger partial charge in [0.25, 0.3) is 5.91 Å². The zero-order valence-electron chi connectivity index (χ0n) is 11.5. The number of rotatable bonds is 4. The molecule has 0 radical (unpaired) electrons. The van der Waals surface area contributed by atoms with E-state index in [1.54, 1.807) is 62.6 Å². The fraction of sp³-hybridized carbons (Fsp3) is 0.188. The number of carbonyl (C=O) groups is 1. The second kappa shape index (κ2) is 6.21. The maximum Gasteiger partial charge on any atom is 0.255 e. The van der Waals surface area contributed by atoms with Crippen molar-refractivity contribution in [3.8, 4) is 5.75 Å². The van der Waals surface area contributed by atoms with E-state index in [1.165, 1.54) is 0 Å². The Morgan fingerprint density at radius 3 is 2.50 bits per heavy atom. The molecule has 0 aliphatic carbocycles. The molecule has 0 fully saturated rings. The number of carbonyl (C=O) groups excluding carboxylic acids is 1. The monoisotopic (exact) mass is 271 g/mol. The van der Waals surface area contributed by atoms with Gasteiger partial charge in [0.2, 0.25) is 0 Å². The summed E-state index contributed by atoms with van der Waals surface area (Å²) < 4.78 is 5.09. The highest BCUT2D eigenvalue weighted by molar-refractivity contribution is 6.04. The van der Waals surface area contributed by atoms with E-state index < -0.39 is 6.10 Å². The molecule has 0 aliphatic rings. The average molecular weight is 271 g/mol. The van der Waals surface area contributed by atoms with Gasteiger partial charge in [-0.15, -0.1) is 0 Å². The summed E-state index contributed by atoms with van der Waals surface area (Å²) in [6.45, 7) is 1.70. The maximum absolute atomic E-state index is 12.1. The molecule has 0 saturated carbocycles. The zero-order valence-corrected chi connectivity index (χ0v) is 11.5. The van der Waals surface area contributed by atoms with Crippen LogP contribution in [0.3, 0.4) is 0 Å². The fourth-order valence-electron chi connectivity index (χ4n) is 1.81. The van der Waals surface area contributed by atoms with Crippen LogP contribution in [0.2, 0.25) is 0 Å². The molecule has 0 aliphatic heterocycles. The molecule has 1 atom stereocenters. The number of aliphatic hydroxyl groups is 1. The number of ether oxygens (including phenoxy) is 1. The maximum atomic E-state index is 12.1. The first-order valence-electron chi connectivity index (χ1n) is 6.33. The number of aliphatic hydroxyl groups excluding tert-OH is 1. The van der Waals surface area contributed by atoms with Crippen LogP contribution in [-0.4, -0.2) is 18.1 Å². The van der Waals surface area contributed by atoms with Gasteiger partial charge in [0, 0.05) is 11.3 Å². The SMILES string of the molecule is COc1cccc(C(=O)Nc2ccc(C(C)O)cc2)c1. The number of hydrogen-bond acceptors (Lipinski definition) is 3. The molecule has 0 spiro atoms. The van der Waals surface area contributed by atoms with Crippen LogP contribution in [0.15, 0.2) is 48.5 Å². The Kier molecular flexibility index (Phi) is 4.38. The normalized spacial score (nSPS) is 11.8. The van der Waals surface area contributed by atoms with Crippen molar-refractivity contribution < 1.29 is 14.6 Å². The predicted octanol–water partition coefficient (Wildman–Crippen LogP) is 3.00. The lowest BCUT2D eigenvalue weighted by Crippen LogP contribution is -2.11. The number of benzene rings is 2. The van der Waals surface area contributed by atoms with Crippen LogP contribution in [0.5, 0.6) is 5.75 Å². The number of amides is 1. The zero-order chi connectivity index (χ0) is 14.5. The predicted molar refractivity (Wildman–Crippen MR) is 78.0 cm³/mol. The van der Waals surface area contributed by atoms with E-state index in [-0.39, 0.29) is 5.91 Å². The first-order valence-corrected chi connectivity index (χ1v) is 6.33. The Bertz CT molecular complexity index is 591. The summed E-state index contributed by atoms with van der Waals surface area (Å²) >= 11 is 0. The van der Waals surface area contributed by atoms with E-state index in [4.69, 9.17) is 4.74 Å². The lowest BCUT2D eigenvalue weighted by atomic mass is 10.1. The second-order valence-corrected chi connectivity index (χ2v) is 4.48. The lowest BCUT2D eigenvalue weighted by molar-refractivity contribution is 0.102. The molecule has 0 saturated heterocycles. The molecule has 0 bridgehead atoms. The topological polar surface area (TPSA) is 58.6 Å². The number of hydrogen-bond donors (Lipinski definition) is 2. The van der Waals surface area contributed by atoms with Gasteiger partial charge in [-0.2, -0.15) is 0 Å². The Hall–Kier alpha value is -2.33.